The molecule has 0 spiro atoms. The fourth-order valence-corrected chi connectivity index (χ4v) is 2.76. The molecule has 0 saturated heterocycles. The number of esters is 1. The van der Waals surface area contributed by atoms with E-state index in [4.69, 9.17) is 16.3 Å². The second kappa shape index (κ2) is 7.66. The van der Waals surface area contributed by atoms with Crippen LogP contribution in [0.2, 0.25) is 5.02 Å². The van der Waals surface area contributed by atoms with Gasteiger partial charge >= 0.3 is 5.97 Å². The molecule has 2 aromatic carbocycles. The number of halogens is 1. The molecule has 0 aromatic heterocycles. The largest absolute Gasteiger partial charge is 0.451 e. The molecule has 0 amide bonds. The molecule has 0 fully saturated rings. The maximum atomic E-state index is 12.6. The van der Waals surface area contributed by atoms with Crippen LogP contribution in [0.25, 0.3) is 0 Å². The Morgan fingerprint density at radius 1 is 1.04 bits per heavy atom. The molecule has 0 bridgehead atoms. The number of rotatable bonds is 5. The summed E-state index contributed by atoms with van der Waals surface area (Å²) in [5, 5.41) is 10.6. The molecular formula is C19H18ClNO5. The van der Waals surface area contributed by atoms with E-state index in [-0.39, 0.29) is 22.1 Å². The molecule has 7 heteroatoms. The van der Waals surface area contributed by atoms with Crippen molar-refractivity contribution in [3.05, 3.63) is 73.3 Å². The van der Waals surface area contributed by atoms with Crippen molar-refractivity contribution in [3.63, 3.8) is 0 Å². The number of Topliss-reactive ketones (excluding diaryl/α,β-unsaturated/α-hetero) is 1. The third-order valence-corrected chi connectivity index (χ3v) is 4.46. The van der Waals surface area contributed by atoms with Gasteiger partial charge in [0.15, 0.2) is 6.10 Å². The summed E-state index contributed by atoms with van der Waals surface area (Å²) >= 11 is 5.92. The van der Waals surface area contributed by atoms with E-state index in [0.29, 0.717) is 5.56 Å². The molecule has 26 heavy (non-hydrogen) atoms. The number of non-ortho nitro benzene ring substituents is 1. The summed E-state index contributed by atoms with van der Waals surface area (Å²) < 4.78 is 5.22. The van der Waals surface area contributed by atoms with Gasteiger partial charge in [-0.3, -0.25) is 14.9 Å². The van der Waals surface area contributed by atoms with Gasteiger partial charge in [0, 0.05) is 17.7 Å². The van der Waals surface area contributed by atoms with Gasteiger partial charge in [-0.2, -0.15) is 0 Å². The number of carbonyl (C=O) groups excluding carboxylic acids is 2. The van der Waals surface area contributed by atoms with E-state index in [2.05, 4.69) is 0 Å². The summed E-state index contributed by atoms with van der Waals surface area (Å²) in [6.07, 6.45) is -1.02. The van der Waals surface area contributed by atoms with Crippen molar-refractivity contribution in [3.8, 4) is 0 Å². The van der Waals surface area contributed by atoms with E-state index >= 15 is 0 Å². The smallest absolute Gasteiger partial charge is 0.340 e. The van der Waals surface area contributed by atoms with Gasteiger partial charge in [0.1, 0.15) is 0 Å². The Bertz CT molecular complexity index is 907. The SMILES string of the molecule is Cc1cc(C)c(C(=O)[C@@H](C)OC(=O)c2ccc([N+](=O)[O-])cc2Cl)cc1C. The van der Waals surface area contributed by atoms with Crippen LogP contribution in [0, 0.1) is 30.9 Å². The predicted octanol–water partition coefficient (Wildman–Crippen LogP) is 4.60. The Morgan fingerprint density at radius 3 is 2.23 bits per heavy atom. The first-order valence-electron chi connectivity index (χ1n) is 7.88. The van der Waals surface area contributed by atoms with Gasteiger partial charge in [0.2, 0.25) is 5.78 Å². The maximum Gasteiger partial charge on any atom is 0.340 e. The maximum absolute atomic E-state index is 12.6. The number of aryl methyl sites for hydroxylation is 3. The molecule has 136 valence electrons. The normalized spacial score (nSPS) is 11.7. The van der Waals surface area contributed by atoms with Crippen LogP contribution in [0.15, 0.2) is 30.3 Å². The van der Waals surface area contributed by atoms with Crippen LogP contribution in [0.5, 0.6) is 0 Å². The first kappa shape index (κ1) is 19.6. The number of hydrogen-bond donors (Lipinski definition) is 0. The topological polar surface area (TPSA) is 86.5 Å². The number of benzene rings is 2. The Labute approximate surface area is 155 Å². The summed E-state index contributed by atoms with van der Waals surface area (Å²) in [6, 6.07) is 7.11. The number of hydrogen-bond acceptors (Lipinski definition) is 5. The fraction of sp³-hybridized carbons (Fsp3) is 0.263. The zero-order chi connectivity index (χ0) is 19.6. The third-order valence-electron chi connectivity index (χ3n) is 4.14. The first-order chi connectivity index (χ1) is 12.1. The minimum atomic E-state index is -1.02. The van der Waals surface area contributed by atoms with Crippen molar-refractivity contribution in [2.75, 3.05) is 0 Å². The molecule has 0 N–H and O–H groups in total. The number of nitro groups is 1. The molecule has 2 rings (SSSR count). The average molecular weight is 376 g/mol. The molecule has 0 aliphatic rings. The van der Waals surface area contributed by atoms with Crippen molar-refractivity contribution < 1.29 is 19.2 Å². The van der Waals surface area contributed by atoms with Gasteiger partial charge in [-0.1, -0.05) is 17.7 Å². The highest BCUT2D eigenvalue weighted by Gasteiger charge is 2.24. The molecular weight excluding hydrogens is 358 g/mol. The van der Waals surface area contributed by atoms with Crippen molar-refractivity contribution in [1.82, 2.24) is 0 Å². The Morgan fingerprint density at radius 2 is 1.65 bits per heavy atom. The number of nitrogens with zero attached hydrogens (tertiary/aromatic N) is 1. The van der Waals surface area contributed by atoms with Crippen LogP contribution in [0.1, 0.15) is 44.3 Å². The van der Waals surface area contributed by atoms with Crippen LogP contribution in [0.3, 0.4) is 0 Å². The zero-order valence-electron chi connectivity index (χ0n) is 14.8. The number of ketones is 1. The summed E-state index contributed by atoms with van der Waals surface area (Å²) in [6.45, 7) is 7.16. The van der Waals surface area contributed by atoms with Crippen molar-refractivity contribution >= 4 is 29.0 Å². The quantitative estimate of drug-likeness (QED) is 0.330. The molecule has 0 radical (unpaired) electrons. The van der Waals surface area contributed by atoms with Crippen LogP contribution in [-0.4, -0.2) is 22.8 Å². The number of nitro benzene ring substituents is 1. The molecule has 1 atom stereocenters. The van der Waals surface area contributed by atoms with Crippen molar-refractivity contribution in [2.24, 2.45) is 0 Å². The lowest BCUT2D eigenvalue weighted by molar-refractivity contribution is -0.384. The van der Waals surface area contributed by atoms with Crippen LogP contribution >= 0.6 is 11.6 Å². The predicted molar refractivity (Wildman–Crippen MR) is 98.0 cm³/mol. The monoisotopic (exact) mass is 375 g/mol. The summed E-state index contributed by atoms with van der Waals surface area (Å²) in [5.74, 6) is -1.13. The van der Waals surface area contributed by atoms with E-state index < -0.39 is 17.0 Å². The Kier molecular flexibility index (Phi) is 5.77. The van der Waals surface area contributed by atoms with E-state index in [0.717, 1.165) is 28.8 Å². The molecule has 6 nitrogen and oxygen atoms in total. The molecule has 0 aliphatic heterocycles. The minimum Gasteiger partial charge on any atom is -0.451 e. The second-order valence-corrected chi connectivity index (χ2v) is 6.49. The molecule has 2 aromatic rings. The lowest BCUT2D eigenvalue weighted by Crippen LogP contribution is -2.25. The Hall–Kier alpha value is -2.73. The van der Waals surface area contributed by atoms with Gasteiger partial charge in [0.25, 0.3) is 5.69 Å². The van der Waals surface area contributed by atoms with Crippen molar-refractivity contribution in [2.45, 2.75) is 33.8 Å². The van der Waals surface area contributed by atoms with E-state index in [1.165, 1.54) is 13.0 Å². The highest BCUT2D eigenvalue weighted by molar-refractivity contribution is 6.33. The van der Waals surface area contributed by atoms with Crippen molar-refractivity contribution in [1.29, 1.82) is 0 Å². The third kappa shape index (κ3) is 4.08. The lowest BCUT2D eigenvalue weighted by atomic mass is 9.96. The zero-order valence-corrected chi connectivity index (χ0v) is 15.6. The Balaban J connectivity index is 2.20. The lowest BCUT2D eigenvalue weighted by Gasteiger charge is -2.15. The van der Waals surface area contributed by atoms with Gasteiger partial charge in [-0.25, -0.2) is 4.79 Å². The number of ether oxygens (including phenoxy) is 1. The fourth-order valence-electron chi connectivity index (χ4n) is 2.51. The average Bonchev–Trinajstić information content (AvgIpc) is 2.57. The molecule has 0 saturated carbocycles. The first-order valence-corrected chi connectivity index (χ1v) is 8.26. The van der Waals surface area contributed by atoms with Gasteiger partial charge in [-0.05, 0) is 56.5 Å². The standard InChI is InChI=1S/C19H18ClNO5/c1-10-7-12(3)16(8-11(10)2)18(22)13(4)26-19(23)15-6-5-14(21(24)25)9-17(15)20/h5-9,13H,1-4H3/t13-/m1/s1. The van der Waals surface area contributed by atoms with Gasteiger partial charge < -0.3 is 4.74 Å². The minimum absolute atomic E-state index is 0.0336. The van der Waals surface area contributed by atoms with E-state index in [9.17, 15) is 19.7 Å². The molecule has 0 unspecified atom stereocenters. The molecule has 0 aliphatic carbocycles. The van der Waals surface area contributed by atoms with Gasteiger partial charge in [0.05, 0.1) is 15.5 Å². The summed E-state index contributed by atoms with van der Waals surface area (Å²) in [5.41, 5.74) is 3.06. The van der Waals surface area contributed by atoms with Crippen LogP contribution in [-0.2, 0) is 4.74 Å². The summed E-state index contributed by atoms with van der Waals surface area (Å²) in [7, 11) is 0. The highest BCUT2D eigenvalue weighted by atomic mass is 35.5. The van der Waals surface area contributed by atoms with Crippen LogP contribution in [0.4, 0.5) is 5.69 Å². The highest BCUT2D eigenvalue weighted by Crippen LogP contribution is 2.24. The molecule has 0 heterocycles. The number of carbonyl (C=O) groups is 2. The second-order valence-electron chi connectivity index (χ2n) is 6.08. The van der Waals surface area contributed by atoms with Gasteiger partial charge in [-0.15, -0.1) is 0 Å². The van der Waals surface area contributed by atoms with E-state index in [1.54, 1.807) is 6.07 Å². The summed E-state index contributed by atoms with van der Waals surface area (Å²) in [4.78, 5) is 35.0. The van der Waals surface area contributed by atoms with E-state index in [1.807, 2.05) is 26.8 Å². The van der Waals surface area contributed by atoms with Crippen LogP contribution < -0.4 is 0 Å².